The zero-order valence-corrected chi connectivity index (χ0v) is 18.8. The molecule has 2 N–H and O–H groups in total. The van der Waals surface area contributed by atoms with Crippen molar-refractivity contribution in [1.82, 2.24) is 0 Å². The van der Waals surface area contributed by atoms with Gasteiger partial charge in [-0.1, -0.05) is 95.2 Å². The molecule has 0 bridgehead atoms. The van der Waals surface area contributed by atoms with Gasteiger partial charge in [-0.25, -0.2) is 0 Å². The van der Waals surface area contributed by atoms with Gasteiger partial charge >= 0.3 is 0 Å². The molecule has 1 amide bonds. The van der Waals surface area contributed by atoms with Crippen molar-refractivity contribution < 1.29 is 14.5 Å². The van der Waals surface area contributed by atoms with Gasteiger partial charge in [-0.2, -0.15) is 0 Å². The van der Waals surface area contributed by atoms with Crippen molar-refractivity contribution in [3.63, 3.8) is 0 Å². The zero-order valence-electron chi connectivity index (χ0n) is 18.8. The molecule has 2 atom stereocenters. The first-order valence-corrected chi connectivity index (χ1v) is 10.8. The second kappa shape index (κ2) is 9.69. The molecule has 6 nitrogen and oxygen atoms in total. The molecule has 0 saturated heterocycles. The maximum absolute atomic E-state index is 11.8. The number of nitrogens with two attached hydrogens (primary N) is 1. The van der Waals surface area contributed by atoms with E-state index in [9.17, 15) is 4.79 Å². The number of carbonyl (C=O) groups is 1. The Morgan fingerprint density at radius 2 is 1.61 bits per heavy atom. The molecule has 33 heavy (non-hydrogen) atoms. The van der Waals surface area contributed by atoms with E-state index in [0.717, 1.165) is 17.7 Å². The Balaban J connectivity index is 1.59. The number of primary amides is 1. The number of oxime groups is 2. The van der Waals surface area contributed by atoms with Crippen LogP contribution in [0.4, 0.5) is 0 Å². The summed E-state index contributed by atoms with van der Waals surface area (Å²) in [4.78, 5) is 22.4. The average molecular weight is 442 g/mol. The van der Waals surface area contributed by atoms with Gasteiger partial charge < -0.3 is 15.4 Å². The summed E-state index contributed by atoms with van der Waals surface area (Å²) < 4.78 is 0. The van der Waals surface area contributed by atoms with Crippen LogP contribution < -0.4 is 5.73 Å². The molecule has 4 rings (SSSR count). The van der Waals surface area contributed by atoms with Crippen LogP contribution in [0.1, 0.15) is 41.5 Å². The lowest BCUT2D eigenvalue weighted by Crippen LogP contribution is -2.25. The molecule has 1 saturated carbocycles. The van der Waals surface area contributed by atoms with Crippen LogP contribution in [0.5, 0.6) is 0 Å². The summed E-state index contributed by atoms with van der Waals surface area (Å²) in [5, 5.41) is 8.31. The first kappa shape index (κ1) is 22.3. The molecule has 0 aromatic heterocycles. The summed E-state index contributed by atoms with van der Waals surface area (Å²) >= 11 is 0. The monoisotopic (exact) mass is 441 g/mol. The molecule has 6 heteroatoms. The van der Waals surface area contributed by atoms with Gasteiger partial charge in [-0.15, -0.1) is 0 Å². The molecule has 0 aliphatic heterocycles. The number of amides is 1. The predicted molar refractivity (Wildman–Crippen MR) is 129 cm³/mol. The van der Waals surface area contributed by atoms with E-state index in [4.69, 9.17) is 15.4 Å². The largest absolute Gasteiger partial charge is 0.398 e. The van der Waals surface area contributed by atoms with E-state index < -0.39 is 5.91 Å². The summed E-state index contributed by atoms with van der Waals surface area (Å²) in [6, 6.07) is 28.2. The first-order valence-electron chi connectivity index (χ1n) is 10.8. The van der Waals surface area contributed by atoms with Gasteiger partial charge in [-0.3, -0.25) is 4.79 Å². The second-order valence-corrected chi connectivity index (χ2v) is 8.10. The number of rotatable bonds is 9. The number of carbonyl (C=O) groups excluding carboxylic acids is 1. The van der Waals surface area contributed by atoms with Crippen molar-refractivity contribution in [1.29, 1.82) is 0 Å². The highest BCUT2D eigenvalue weighted by atomic mass is 16.6. The molecule has 1 aliphatic carbocycles. The fraction of sp³-hybridized carbons (Fsp3) is 0.222. The zero-order chi connectivity index (χ0) is 23.3. The second-order valence-electron chi connectivity index (χ2n) is 8.10. The molecule has 0 radical (unpaired) electrons. The third-order valence-electron chi connectivity index (χ3n) is 6.21. The Kier molecular flexibility index (Phi) is 6.54. The summed E-state index contributed by atoms with van der Waals surface area (Å²) in [6.45, 7) is 2.19. The Morgan fingerprint density at radius 3 is 2.27 bits per heavy atom. The topological polar surface area (TPSA) is 86.3 Å². The molecule has 1 aliphatic rings. The van der Waals surface area contributed by atoms with Crippen LogP contribution in [-0.2, 0) is 26.5 Å². The molecule has 0 heterocycles. The van der Waals surface area contributed by atoms with Gasteiger partial charge in [0.2, 0.25) is 0 Å². The minimum Gasteiger partial charge on any atom is -0.398 e. The molecular formula is C27H27N3O3. The van der Waals surface area contributed by atoms with Crippen molar-refractivity contribution >= 4 is 17.3 Å². The number of nitrogens with zero attached hydrogens (tertiary/aromatic N) is 2. The highest BCUT2D eigenvalue weighted by molar-refractivity contribution is 6.45. The van der Waals surface area contributed by atoms with Gasteiger partial charge in [-0.05, 0) is 24.5 Å². The maximum Gasteiger partial charge on any atom is 0.271 e. The van der Waals surface area contributed by atoms with Crippen LogP contribution >= 0.6 is 0 Å². The highest BCUT2D eigenvalue weighted by Crippen LogP contribution is 2.61. The van der Waals surface area contributed by atoms with E-state index in [1.54, 1.807) is 12.1 Å². The summed E-state index contributed by atoms with van der Waals surface area (Å²) in [6.07, 6.45) is 0.975. The first-order chi connectivity index (χ1) is 16.1. The molecule has 1 fully saturated rings. The van der Waals surface area contributed by atoms with Gasteiger partial charge in [0.15, 0.2) is 5.71 Å². The summed E-state index contributed by atoms with van der Waals surface area (Å²) in [7, 11) is 1.37. The van der Waals surface area contributed by atoms with E-state index in [-0.39, 0.29) is 17.7 Å². The summed E-state index contributed by atoms with van der Waals surface area (Å²) in [5.41, 5.74) is 10.1. The number of benzene rings is 3. The fourth-order valence-electron chi connectivity index (χ4n) is 4.49. The van der Waals surface area contributed by atoms with Gasteiger partial charge in [0.05, 0.1) is 5.71 Å². The normalized spacial score (nSPS) is 20.2. The van der Waals surface area contributed by atoms with E-state index in [1.165, 1.54) is 18.2 Å². The Hall–Kier alpha value is -3.93. The van der Waals surface area contributed by atoms with Crippen molar-refractivity contribution in [2.24, 2.45) is 16.0 Å². The Bertz CT molecular complexity index is 1180. The molecular weight excluding hydrogens is 414 g/mol. The number of hydrogen-bond donors (Lipinski definition) is 1. The van der Waals surface area contributed by atoms with Crippen LogP contribution in [0.2, 0.25) is 0 Å². The lowest BCUT2D eigenvalue weighted by Gasteiger charge is -2.18. The van der Waals surface area contributed by atoms with E-state index >= 15 is 0 Å². The number of hydrogen-bond acceptors (Lipinski definition) is 5. The SMILES string of the molecule is CON=C(C(N)=O)c1ccccc1CON=C(C)C1(c2ccccc2)CC1c1ccccc1. The van der Waals surface area contributed by atoms with Crippen LogP contribution in [0.25, 0.3) is 0 Å². The third kappa shape index (κ3) is 4.51. The van der Waals surface area contributed by atoms with Crippen molar-refractivity contribution in [3.8, 4) is 0 Å². The van der Waals surface area contributed by atoms with Gasteiger partial charge in [0.25, 0.3) is 5.91 Å². The van der Waals surface area contributed by atoms with E-state index in [0.29, 0.717) is 11.5 Å². The van der Waals surface area contributed by atoms with Crippen LogP contribution in [-0.4, -0.2) is 24.4 Å². The molecule has 3 aromatic rings. The summed E-state index contributed by atoms with van der Waals surface area (Å²) in [5.74, 6) is -0.327. The minimum absolute atomic E-state index is 0.0458. The quantitative estimate of drug-likeness (QED) is 0.391. The third-order valence-corrected chi connectivity index (χ3v) is 6.21. The van der Waals surface area contributed by atoms with Gasteiger partial charge in [0, 0.05) is 22.5 Å². The Labute approximate surface area is 193 Å². The van der Waals surface area contributed by atoms with Crippen molar-refractivity contribution in [2.75, 3.05) is 7.11 Å². The van der Waals surface area contributed by atoms with Crippen molar-refractivity contribution in [3.05, 3.63) is 107 Å². The van der Waals surface area contributed by atoms with Crippen LogP contribution in [0.3, 0.4) is 0 Å². The average Bonchev–Trinajstić information content (AvgIpc) is 3.61. The molecule has 3 aromatic carbocycles. The van der Waals surface area contributed by atoms with Crippen LogP contribution in [0, 0.1) is 0 Å². The standard InChI is InChI=1S/C27H27N3O3/c1-19(29-33-18-21-13-9-10-16-23(21)25(26(28)31)30-32-2)27(22-14-7-4-8-15-22)17-24(27)20-11-5-3-6-12-20/h3-16,24H,17-18H2,1-2H3,(H2,28,31). The van der Waals surface area contributed by atoms with Crippen molar-refractivity contribution in [2.45, 2.75) is 31.3 Å². The maximum atomic E-state index is 11.8. The predicted octanol–water partition coefficient (Wildman–Crippen LogP) is 4.54. The Morgan fingerprint density at radius 1 is 0.970 bits per heavy atom. The smallest absolute Gasteiger partial charge is 0.271 e. The van der Waals surface area contributed by atoms with Crippen LogP contribution in [0.15, 0.2) is 95.2 Å². The lowest BCUT2D eigenvalue weighted by molar-refractivity contribution is -0.112. The minimum atomic E-state index is -0.671. The van der Waals surface area contributed by atoms with E-state index in [1.807, 2.05) is 31.2 Å². The van der Waals surface area contributed by atoms with Gasteiger partial charge in [0.1, 0.15) is 13.7 Å². The molecule has 168 valence electrons. The molecule has 2 unspecified atom stereocenters. The lowest BCUT2D eigenvalue weighted by atomic mass is 9.87. The fourth-order valence-corrected chi connectivity index (χ4v) is 4.49. The highest BCUT2D eigenvalue weighted by Gasteiger charge is 2.58. The van der Waals surface area contributed by atoms with E-state index in [2.05, 4.69) is 58.8 Å². The molecule has 0 spiro atoms.